The van der Waals surface area contributed by atoms with Crippen molar-refractivity contribution in [3.8, 4) is 11.3 Å². The molecule has 3 nitrogen and oxygen atoms in total. The Bertz CT molecular complexity index is 767. The second-order valence-corrected chi connectivity index (χ2v) is 5.17. The zero-order valence-electron chi connectivity index (χ0n) is 12.9. The van der Waals surface area contributed by atoms with Crippen LogP contribution in [0.2, 0.25) is 0 Å². The molecule has 3 heteroatoms. The predicted octanol–water partition coefficient (Wildman–Crippen LogP) is 4.58. The summed E-state index contributed by atoms with van der Waals surface area (Å²) in [6, 6.07) is 17.5. The molecule has 0 fully saturated rings. The van der Waals surface area contributed by atoms with Crippen molar-refractivity contribution < 1.29 is 9.21 Å². The van der Waals surface area contributed by atoms with E-state index < -0.39 is 0 Å². The van der Waals surface area contributed by atoms with Gasteiger partial charge in [-0.25, -0.2) is 0 Å². The van der Waals surface area contributed by atoms with Gasteiger partial charge in [0, 0.05) is 24.0 Å². The maximum absolute atomic E-state index is 12.7. The van der Waals surface area contributed by atoms with Crippen LogP contribution in [0.5, 0.6) is 0 Å². The molecule has 0 aliphatic rings. The molecule has 0 saturated carbocycles. The predicted molar refractivity (Wildman–Crippen MR) is 88.9 cm³/mol. The summed E-state index contributed by atoms with van der Waals surface area (Å²) in [6.45, 7) is 5.38. The fraction of sp³-hybridized carbons (Fsp3) is 0.211. The van der Waals surface area contributed by atoms with Gasteiger partial charge in [0.05, 0.1) is 5.56 Å². The lowest BCUT2D eigenvalue weighted by molar-refractivity contribution is 0.0773. The molecule has 1 heterocycles. The van der Waals surface area contributed by atoms with E-state index in [2.05, 4.69) is 0 Å². The van der Waals surface area contributed by atoms with Gasteiger partial charge in [-0.1, -0.05) is 36.4 Å². The van der Waals surface area contributed by atoms with Crippen molar-refractivity contribution in [3.63, 3.8) is 0 Å². The Kier molecular flexibility index (Phi) is 3.96. The van der Waals surface area contributed by atoms with Gasteiger partial charge in [0.2, 0.25) is 0 Å². The highest BCUT2D eigenvalue weighted by Gasteiger charge is 2.18. The Hall–Kier alpha value is -2.55. The number of hydrogen-bond donors (Lipinski definition) is 0. The van der Waals surface area contributed by atoms with E-state index in [0.29, 0.717) is 18.7 Å². The van der Waals surface area contributed by atoms with E-state index in [-0.39, 0.29) is 5.91 Å². The number of para-hydroxylation sites is 1. The van der Waals surface area contributed by atoms with Crippen LogP contribution in [0.15, 0.2) is 59.0 Å². The molecule has 0 atom stereocenters. The quantitative estimate of drug-likeness (QED) is 0.705. The van der Waals surface area contributed by atoms with Gasteiger partial charge >= 0.3 is 0 Å². The number of amides is 1. The number of rotatable bonds is 4. The van der Waals surface area contributed by atoms with Crippen molar-refractivity contribution in [1.82, 2.24) is 4.90 Å². The van der Waals surface area contributed by atoms with Crippen LogP contribution in [0, 0.1) is 0 Å². The van der Waals surface area contributed by atoms with Gasteiger partial charge in [-0.15, -0.1) is 0 Å². The third-order valence-corrected chi connectivity index (χ3v) is 3.90. The van der Waals surface area contributed by atoms with Gasteiger partial charge in [-0.3, -0.25) is 4.79 Å². The number of nitrogens with zero attached hydrogens (tertiary/aromatic N) is 1. The summed E-state index contributed by atoms with van der Waals surface area (Å²) >= 11 is 0. The van der Waals surface area contributed by atoms with Gasteiger partial charge in [0.15, 0.2) is 0 Å². The number of carbonyl (C=O) groups excluding carboxylic acids is 1. The van der Waals surface area contributed by atoms with Crippen LogP contribution in [-0.2, 0) is 0 Å². The van der Waals surface area contributed by atoms with Gasteiger partial charge in [-0.2, -0.15) is 0 Å². The van der Waals surface area contributed by atoms with Crippen LogP contribution in [-0.4, -0.2) is 23.9 Å². The van der Waals surface area contributed by atoms with Crippen molar-refractivity contribution in [2.24, 2.45) is 0 Å². The number of carbonyl (C=O) groups is 1. The first-order chi connectivity index (χ1) is 10.7. The molecule has 112 valence electrons. The first-order valence-corrected chi connectivity index (χ1v) is 7.61. The van der Waals surface area contributed by atoms with Crippen LogP contribution >= 0.6 is 0 Å². The largest absolute Gasteiger partial charge is 0.456 e. The average molecular weight is 293 g/mol. The molecule has 1 aromatic heterocycles. The van der Waals surface area contributed by atoms with E-state index in [1.807, 2.05) is 73.3 Å². The van der Waals surface area contributed by atoms with E-state index in [1.54, 1.807) is 0 Å². The highest BCUT2D eigenvalue weighted by atomic mass is 16.3. The highest BCUT2D eigenvalue weighted by Crippen LogP contribution is 2.30. The summed E-state index contributed by atoms with van der Waals surface area (Å²) in [5, 5.41) is 1.04. The Balaban J connectivity index is 2.09. The molecule has 0 saturated heterocycles. The maximum Gasteiger partial charge on any atom is 0.254 e. The Labute approximate surface area is 130 Å². The van der Waals surface area contributed by atoms with Crippen LogP contribution in [0.25, 0.3) is 22.3 Å². The third-order valence-electron chi connectivity index (χ3n) is 3.90. The van der Waals surface area contributed by atoms with Crippen LogP contribution in [0.4, 0.5) is 0 Å². The molecule has 0 aliphatic carbocycles. The molecule has 22 heavy (non-hydrogen) atoms. The van der Waals surface area contributed by atoms with Crippen molar-refractivity contribution in [1.29, 1.82) is 0 Å². The average Bonchev–Trinajstić information content (AvgIpc) is 2.99. The number of benzene rings is 2. The molecule has 0 radical (unpaired) electrons. The first-order valence-electron chi connectivity index (χ1n) is 7.61. The Morgan fingerprint density at radius 2 is 1.68 bits per heavy atom. The van der Waals surface area contributed by atoms with Crippen molar-refractivity contribution >= 4 is 16.9 Å². The molecular formula is C19H19NO2. The minimum atomic E-state index is 0.0426. The second-order valence-electron chi connectivity index (χ2n) is 5.17. The lowest BCUT2D eigenvalue weighted by Crippen LogP contribution is -2.30. The zero-order valence-corrected chi connectivity index (χ0v) is 12.9. The van der Waals surface area contributed by atoms with Gasteiger partial charge in [-0.05, 0) is 32.0 Å². The molecule has 0 bridgehead atoms. The highest BCUT2D eigenvalue weighted by molar-refractivity contribution is 6.01. The number of furan rings is 1. The third kappa shape index (κ3) is 2.50. The standard InChI is InChI=1S/C19H19NO2/c1-3-20(4-2)19(21)16-11-7-6-10-15(16)18-13-14-9-5-8-12-17(14)22-18/h5-13H,3-4H2,1-2H3. The summed E-state index contributed by atoms with van der Waals surface area (Å²) in [5.41, 5.74) is 2.36. The minimum Gasteiger partial charge on any atom is -0.456 e. The van der Waals surface area contributed by atoms with Gasteiger partial charge in [0.1, 0.15) is 11.3 Å². The summed E-state index contributed by atoms with van der Waals surface area (Å²) in [7, 11) is 0. The fourth-order valence-corrected chi connectivity index (χ4v) is 2.68. The summed E-state index contributed by atoms with van der Waals surface area (Å²) < 4.78 is 5.92. The zero-order chi connectivity index (χ0) is 15.5. The topological polar surface area (TPSA) is 33.5 Å². The second kappa shape index (κ2) is 6.06. The van der Waals surface area contributed by atoms with E-state index in [1.165, 1.54) is 0 Å². The van der Waals surface area contributed by atoms with E-state index in [4.69, 9.17) is 4.42 Å². The van der Waals surface area contributed by atoms with E-state index >= 15 is 0 Å². The molecule has 0 N–H and O–H groups in total. The SMILES string of the molecule is CCN(CC)C(=O)c1ccccc1-c1cc2ccccc2o1. The van der Waals surface area contributed by atoms with Crippen LogP contribution in [0.3, 0.4) is 0 Å². The molecule has 3 aromatic rings. The monoisotopic (exact) mass is 293 g/mol. The summed E-state index contributed by atoms with van der Waals surface area (Å²) in [5.74, 6) is 0.776. The maximum atomic E-state index is 12.7. The Morgan fingerprint density at radius 1 is 1.00 bits per heavy atom. The molecule has 0 aliphatic heterocycles. The van der Waals surface area contributed by atoms with Crippen LogP contribution in [0.1, 0.15) is 24.2 Å². The van der Waals surface area contributed by atoms with E-state index in [0.717, 1.165) is 22.3 Å². The molecule has 1 amide bonds. The summed E-state index contributed by atoms with van der Waals surface area (Å²) in [6.07, 6.45) is 0. The number of fused-ring (bicyclic) bond motifs is 1. The van der Waals surface area contributed by atoms with Crippen molar-refractivity contribution in [2.45, 2.75) is 13.8 Å². The van der Waals surface area contributed by atoms with Gasteiger partial charge < -0.3 is 9.32 Å². The Morgan fingerprint density at radius 3 is 2.41 bits per heavy atom. The smallest absolute Gasteiger partial charge is 0.254 e. The first kappa shape index (κ1) is 14.4. The van der Waals surface area contributed by atoms with Gasteiger partial charge in [0.25, 0.3) is 5.91 Å². The minimum absolute atomic E-state index is 0.0426. The van der Waals surface area contributed by atoms with Crippen molar-refractivity contribution in [3.05, 3.63) is 60.2 Å². The molecule has 0 spiro atoms. The number of hydrogen-bond acceptors (Lipinski definition) is 2. The summed E-state index contributed by atoms with van der Waals surface area (Å²) in [4.78, 5) is 14.5. The van der Waals surface area contributed by atoms with E-state index in [9.17, 15) is 4.79 Å². The lowest BCUT2D eigenvalue weighted by atomic mass is 10.0. The molecule has 2 aromatic carbocycles. The van der Waals surface area contributed by atoms with Crippen LogP contribution < -0.4 is 0 Å². The fourth-order valence-electron chi connectivity index (χ4n) is 2.68. The molecule has 0 unspecified atom stereocenters. The molecular weight excluding hydrogens is 274 g/mol. The van der Waals surface area contributed by atoms with Crippen molar-refractivity contribution in [2.75, 3.05) is 13.1 Å². The normalized spacial score (nSPS) is 10.8. The molecule has 3 rings (SSSR count). The lowest BCUT2D eigenvalue weighted by Gasteiger charge is -2.19.